The van der Waals surface area contributed by atoms with Crippen molar-refractivity contribution in [2.45, 2.75) is 6.92 Å². The summed E-state index contributed by atoms with van der Waals surface area (Å²) in [4.78, 5) is 4.27. The summed E-state index contributed by atoms with van der Waals surface area (Å²) in [5.74, 6) is 0.241. The van der Waals surface area contributed by atoms with Crippen LogP contribution >= 0.6 is 27.5 Å². The zero-order valence-electron chi connectivity index (χ0n) is 8.50. The van der Waals surface area contributed by atoms with E-state index in [-0.39, 0.29) is 5.82 Å². The summed E-state index contributed by atoms with van der Waals surface area (Å²) >= 11 is 4.62. The predicted octanol–water partition coefficient (Wildman–Crippen LogP) is 3.54. The molecule has 0 unspecified atom stereocenters. The maximum absolute atomic E-state index is 13.1. The Hall–Kier alpha value is -1.01. The third-order valence-electron chi connectivity index (χ3n) is 1.92. The Bertz CT molecular complexity index is 501. The van der Waals surface area contributed by atoms with Crippen LogP contribution in [0.4, 0.5) is 9.52 Å². The van der Waals surface area contributed by atoms with Gasteiger partial charge in [0.2, 0.25) is 5.13 Å². The first kappa shape index (κ1) is 11.5. The largest absolute Gasteiger partial charge is 0.361 e. The lowest BCUT2D eigenvalue weighted by atomic mass is 10.2. The summed E-state index contributed by atoms with van der Waals surface area (Å²) in [6.07, 6.45) is 0. The molecule has 0 spiro atoms. The van der Waals surface area contributed by atoms with Gasteiger partial charge in [-0.2, -0.15) is 9.36 Å². The van der Waals surface area contributed by atoms with Gasteiger partial charge in [-0.1, -0.05) is 15.9 Å². The molecule has 0 aliphatic rings. The fraction of sp³-hybridized carbons (Fsp3) is 0.200. The number of benzene rings is 1. The highest BCUT2D eigenvalue weighted by Gasteiger charge is 2.10. The number of rotatable bonds is 3. The van der Waals surface area contributed by atoms with Gasteiger partial charge in [0.05, 0.1) is 0 Å². The molecule has 16 heavy (non-hydrogen) atoms. The third kappa shape index (κ3) is 2.38. The number of hydrogen-bond acceptors (Lipinski definition) is 4. The average molecular weight is 302 g/mol. The Morgan fingerprint density at radius 1 is 1.50 bits per heavy atom. The van der Waals surface area contributed by atoms with Crippen LogP contribution in [0.2, 0.25) is 0 Å². The zero-order chi connectivity index (χ0) is 11.5. The second-order valence-electron chi connectivity index (χ2n) is 3.08. The maximum atomic E-state index is 13.1. The van der Waals surface area contributed by atoms with Crippen molar-refractivity contribution >= 4 is 32.6 Å². The molecule has 1 aromatic carbocycles. The van der Waals surface area contributed by atoms with Crippen LogP contribution < -0.4 is 5.32 Å². The highest BCUT2D eigenvalue weighted by Crippen LogP contribution is 2.28. The molecule has 0 aliphatic heterocycles. The van der Waals surface area contributed by atoms with E-state index in [9.17, 15) is 4.39 Å². The van der Waals surface area contributed by atoms with Gasteiger partial charge >= 0.3 is 0 Å². The summed E-state index contributed by atoms with van der Waals surface area (Å²) in [6.45, 7) is 2.78. The summed E-state index contributed by atoms with van der Waals surface area (Å²) in [5, 5.41) is 3.81. The highest BCUT2D eigenvalue weighted by molar-refractivity contribution is 9.10. The molecule has 2 rings (SSSR count). The Balaban J connectivity index is 2.38. The summed E-state index contributed by atoms with van der Waals surface area (Å²) in [5.41, 5.74) is 0.667. The van der Waals surface area contributed by atoms with Crippen LogP contribution in [0.5, 0.6) is 0 Å². The molecular weight excluding hydrogens is 293 g/mol. The van der Waals surface area contributed by atoms with Crippen LogP contribution in [0.15, 0.2) is 22.7 Å². The van der Waals surface area contributed by atoms with E-state index in [4.69, 9.17) is 0 Å². The van der Waals surface area contributed by atoms with Gasteiger partial charge in [-0.3, -0.25) is 0 Å². The van der Waals surface area contributed by atoms with E-state index < -0.39 is 0 Å². The average Bonchev–Trinajstić information content (AvgIpc) is 2.71. The van der Waals surface area contributed by atoms with Crippen LogP contribution in [0, 0.1) is 5.82 Å². The lowest BCUT2D eigenvalue weighted by Crippen LogP contribution is -1.95. The number of anilines is 1. The van der Waals surface area contributed by atoms with E-state index >= 15 is 0 Å². The van der Waals surface area contributed by atoms with Gasteiger partial charge in [-0.05, 0) is 25.1 Å². The van der Waals surface area contributed by atoms with E-state index in [1.54, 1.807) is 6.07 Å². The standard InChI is InChI=1S/C10H9BrFN3S/c1-2-13-10-14-9(15-16-10)7-5-6(12)3-4-8(7)11/h3-5H,2H2,1H3,(H,13,14,15). The van der Waals surface area contributed by atoms with Crippen LogP contribution in [-0.4, -0.2) is 15.9 Å². The Kier molecular flexibility index (Phi) is 3.50. The minimum Gasteiger partial charge on any atom is -0.361 e. The lowest BCUT2D eigenvalue weighted by molar-refractivity contribution is 0.628. The van der Waals surface area contributed by atoms with Gasteiger partial charge in [0.15, 0.2) is 5.82 Å². The van der Waals surface area contributed by atoms with Crippen molar-refractivity contribution in [3.8, 4) is 11.4 Å². The Morgan fingerprint density at radius 3 is 3.06 bits per heavy atom. The van der Waals surface area contributed by atoms with Gasteiger partial charge in [0.25, 0.3) is 0 Å². The second-order valence-corrected chi connectivity index (χ2v) is 4.68. The molecule has 0 fully saturated rings. The van der Waals surface area contributed by atoms with E-state index in [1.165, 1.54) is 23.7 Å². The van der Waals surface area contributed by atoms with Crippen molar-refractivity contribution in [2.24, 2.45) is 0 Å². The van der Waals surface area contributed by atoms with Gasteiger partial charge in [0.1, 0.15) is 5.82 Å². The maximum Gasteiger partial charge on any atom is 0.202 e. The first-order chi connectivity index (χ1) is 7.70. The molecule has 0 aliphatic carbocycles. The fourth-order valence-corrected chi connectivity index (χ4v) is 2.30. The van der Waals surface area contributed by atoms with Crippen LogP contribution in [0.1, 0.15) is 6.92 Å². The molecule has 1 N–H and O–H groups in total. The van der Waals surface area contributed by atoms with E-state index in [2.05, 4.69) is 30.6 Å². The number of nitrogens with zero attached hydrogens (tertiary/aromatic N) is 2. The molecule has 0 bridgehead atoms. The van der Waals surface area contributed by atoms with Gasteiger partial charge in [-0.25, -0.2) is 4.39 Å². The molecule has 2 aromatic rings. The van der Waals surface area contributed by atoms with Crippen molar-refractivity contribution in [1.82, 2.24) is 9.36 Å². The van der Waals surface area contributed by atoms with Gasteiger partial charge < -0.3 is 5.32 Å². The number of hydrogen-bond donors (Lipinski definition) is 1. The predicted molar refractivity (Wildman–Crippen MR) is 67.2 cm³/mol. The van der Waals surface area contributed by atoms with Crippen LogP contribution in [0.3, 0.4) is 0 Å². The van der Waals surface area contributed by atoms with Crippen LogP contribution in [0.25, 0.3) is 11.4 Å². The quantitative estimate of drug-likeness (QED) is 0.942. The number of nitrogens with one attached hydrogen (secondary N) is 1. The molecular formula is C10H9BrFN3S. The topological polar surface area (TPSA) is 37.8 Å². The van der Waals surface area contributed by atoms with Crippen LogP contribution in [-0.2, 0) is 0 Å². The SMILES string of the molecule is CCNc1nc(-c2cc(F)ccc2Br)ns1. The first-order valence-corrected chi connectivity index (χ1v) is 6.30. The first-order valence-electron chi connectivity index (χ1n) is 4.73. The molecule has 0 saturated carbocycles. The zero-order valence-corrected chi connectivity index (χ0v) is 10.9. The van der Waals surface area contributed by atoms with Gasteiger partial charge in [-0.15, -0.1) is 0 Å². The third-order valence-corrected chi connectivity index (χ3v) is 3.29. The Labute approximate surface area is 105 Å². The van der Waals surface area contributed by atoms with E-state index in [0.29, 0.717) is 11.4 Å². The normalized spacial score (nSPS) is 10.4. The highest BCUT2D eigenvalue weighted by atomic mass is 79.9. The molecule has 0 radical (unpaired) electrons. The Morgan fingerprint density at radius 2 is 2.31 bits per heavy atom. The smallest absolute Gasteiger partial charge is 0.202 e. The van der Waals surface area contributed by atoms with Crippen molar-refractivity contribution in [3.05, 3.63) is 28.5 Å². The number of aromatic nitrogens is 2. The van der Waals surface area contributed by atoms with Crippen molar-refractivity contribution in [2.75, 3.05) is 11.9 Å². The molecule has 0 atom stereocenters. The van der Waals surface area contributed by atoms with Gasteiger partial charge in [0, 0.05) is 28.1 Å². The number of halogens is 2. The minimum atomic E-state index is -0.294. The molecule has 1 heterocycles. The second kappa shape index (κ2) is 4.88. The van der Waals surface area contributed by atoms with Crippen molar-refractivity contribution in [1.29, 1.82) is 0 Å². The lowest BCUT2D eigenvalue weighted by Gasteiger charge is -1.99. The molecule has 84 valence electrons. The van der Waals surface area contributed by atoms with Crippen molar-refractivity contribution < 1.29 is 4.39 Å². The summed E-state index contributed by atoms with van der Waals surface area (Å²) in [6, 6.07) is 4.46. The summed E-state index contributed by atoms with van der Waals surface area (Å²) in [7, 11) is 0. The minimum absolute atomic E-state index is 0.294. The summed E-state index contributed by atoms with van der Waals surface area (Å²) < 4.78 is 18.1. The molecule has 0 amide bonds. The van der Waals surface area contributed by atoms with E-state index in [1.807, 2.05) is 6.92 Å². The fourth-order valence-electron chi connectivity index (χ4n) is 1.22. The molecule has 0 saturated heterocycles. The molecule has 6 heteroatoms. The monoisotopic (exact) mass is 301 g/mol. The molecule has 1 aromatic heterocycles. The molecule has 3 nitrogen and oxygen atoms in total. The van der Waals surface area contributed by atoms with E-state index in [0.717, 1.165) is 16.1 Å². The van der Waals surface area contributed by atoms with Crippen molar-refractivity contribution in [3.63, 3.8) is 0 Å².